The van der Waals surface area contributed by atoms with Gasteiger partial charge in [-0.2, -0.15) is 0 Å². The minimum absolute atomic E-state index is 0.00823. The van der Waals surface area contributed by atoms with Gasteiger partial charge in [-0.05, 0) is 35.2 Å². The van der Waals surface area contributed by atoms with Crippen molar-refractivity contribution in [1.82, 2.24) is 0 Å². The Kier molecular flexibility index (Phi) is 5.02. The summed E-state index contributed by atoms with van der Waals surface area (Å²) in [5, 5.41) is 0. The zero-order chi connectivity index (χ0) is 15.6. The van der Waals surface area contributed by atoms with Crippen molar-refractivity contribution in [3.8, 4) is 0 Å². The average Bonchev–Trinajstić information content (AvgIpc) is 2.84. The second-order valence-corrected chi connectivity index (χ2v) is 8.96. The van der Waals surface area contributed by atoms with Gasteiger partial charge in [0, 0.05) is 4.90 Å². The van der Waals surface area contributed by atoms with Gasteiger partial charge in [0.25, 0.3) is 0 Å². The molecular formula is C16H17ClO2S2. The molecule has 1 heterocycles. The number of carbonyl (C=O) groups excluding carboxylic acids is 1. The maximum Gasteiger partial charge on any atom is 0.185 e. The second-order valence-electron chi connectivity index (χ2n) is 5.79. The van der Waals surface area contributed by atoms with Crippen molar-refractivity contribution in [1.29, 1.82) is 0 Å². The van der Waals surface area contributed by atoms with Crippen LogP contribution in [0.5, 0.6) is 0 Å². The molecule has 1 aromatic carbocycles. The fourth-order valence-corrected chi connectivity index (χ4v) is 3.92. The van der Waals surface area contributed by atoms with Crippen LogP contribution in [0.3, 0.4) is 0 Å². The predicted molar refractivity (Wildman–Crippen MR) is 90.1 cm³/mol. The number of carbonyl (C=O) groups is 1. The van der Waals surface area contributed by atoms with Crippen molar-refractivity contribution < 1.29 is 9.00 Å². The van der Waals surface area contributed by atoms with Crippen LogP contribution < -0.4 is 0 Å². The highest BCUT2D eigenvalue weighted by molar-refractivity contribution is 7.85. The lowest BCUT2D eigenvalue weighted by Crippen LogP contribution is -2.12. The molecule has 1 atom stereocenters. The van der Waals surface area contributed by atoms with Crippen molar-refractivity contribution in [2.24, 2.45) is 0 Å². The summed E-state index contributed by atoms with van der Waals surface area (Å²) in [5.74, 6) is -0.142. The molecule has 112 valence electrons. The molecule has 0 bridgehead atoms. The Labute approximate surface area is 136 Å². The van der Waals surface area contributed by atoms with E-state index >= 15 is 0 Å². The van der Waals surface area contributed by atoms with Gasteiger partial charge in [-0.25, -0.2) is 0 Å². The van der Waals surface area contributed by atoms with Gasteiger partial charge >= 0.3 is 0 Å². The number of Topliss-reactive ketones (excluding diaryl/α,β-unsaturated/α-hetero) is 1. The first-order chi connectivity index (χ1) is 9.77. The molecule has 0 aliphatic rings. The SMILES string of the molecule is CC(C)(C)c1ccc(S(=O)CC(=O)c2ccc(Cl)s2)cc1. The number of hydrogen-bond acceptors (Lipinski definition) is 3. The van der Waals surface area contributed by atoms with Crippen LogP contribution in [0.2, 0.25) is 4.34 Å². The van der Waals surface area contributed by atoms with Crippen LogP contribution >= 0.6 is 22.9 Å². The summed E-state index contributed by atoms with van der Waals surface area (Å²) in [7, 11) is -1.33. The Morgan fingerprint density at radius 1 is 1.14 bits per heavy atom. The largest absolute Gasteiger partial charge is 0.292 e. The normalized spacial score (nSPS) is 13.1. The Hall–Kier alpha value is -0.970. The van der Waals surface area contributed by atoms with Crippen molar-refractivity contribution in [3.05, 3.63) is 51.2 Å². The zero-order valence-corrected chi connectivity index (χ0v) is 14.6. The third-order valence-corrected chi connectivity index (χ3v) is 5.69. The van der Waals surface area contributed by atoms with Crippen LogP contribution in [0, 0.1) is 0 Å². The summed E-state index contributed by atoms with van der Waals surface area (Å²) in [4.78, 5) is 13.3. The first kappa shape index (κ1) is 16.4. The van der Waals surface area contributed by atoms with Gasteiger partial charge in [0.05, 0.1) is 25.8 Å². The summed E-state index contributed by atoms with van der Waals surface area (Å²) in [6, 6.07) is 11.0. The van der Waals surface area contributed by atoms with E-state index < -0.39 is 10.8 Å². The summed E-state index contributed by atoms with van der Waals surface area (Å²) >= 11 is 7.03. The van der Waals surface area contributed by atoms with E-state index in [1.165, 1.54) is 16.9 Å². The highest BCUT2D eigenvalue weighted by atomic mass is 35.5. The Balaban J connectivity index is 2.08. The quantitative estimate of drug-likeness (QED) is 0.757. The highest BCUT2D eigenvalue weighted by Gasteiger charge is 2.16. The van der Waals surface area contributed by atoms with Crippen LogP contribution in [0.4, 0.5) is 0 Å². The van der Waals surface area contributed by atoms with Gasteiger partial charge in [-0.1, -0.05) is 44.5 Å². The third-order valence-electron chi connectivity index (χ3n) is 3.09. The molecule has 0 saturated carbocycles. The number of hydrogen-bond donors (Lipinski definition) is 0. The van der Waals surface area contributed by atoms with E-state index in [1.54, 1.807) is 12.1 Å². The fourth-order valence-electron chi connectivity index (χ4n) is 1.84. The van der Waals surface area contributed by atoms with E-state index in [2.05, 4.69) is 20.8 Å². The molecule has 0 N–H and O–H groups in total. The van der Waals surface area contributed by atoms with Gasteiger partial charge in [0.1, 0.15) is 0 Å². The third kappa shape index (κ3) is 4.25. The summed E-state index contributed by atoms with van der Waals surface area (Å²) in [6.07, 6.45) is 0. The minimum Gasteiger partial charge on any atom is -0.292 e. The zero-order valence-electron chi connectivity index (χ0n) is 12.2. The molecule has 2 nitrogen and oxygen atoms in total. The van der Waals surface area contributed by atoms with Crippen LogP contribution in [-0.4, -0.2) is 15.7 Å². The monoisotopic (exact) mass is 340 g/mol. The number of halogens is 1. The summed E-state index contributed by atoms with van der Waals surface area (Å²) in [6.45, 7) is 6.38. The van der Waals surface area contributed by atoms with Gasteiger partial charge in [0.2, 0.25) is 0 Å². The Bertz CT molecular complexity index is 666. The molecule has 0 fully saturated rings. The molecular weight excluding hydrogens is 324 g/mol. The predicted octanol–water partition coefficient (Wildman–Crippen LogP) is 4.69. The molecule has 0 aliphatic carbocycles. The Morgan fingerprint density at radius 3 is 2.24 bits per heavy atom. The lowest BCUT2D eigenvalue weighted by Gasteiger charge is -2.18. The van der Waals surface area contributed by atoms with E-state index in [0.29, 0.717) is 14.1 Å². The van der Waals surface area contributed by atoms with E-state index in [-0.39, 0.29) is 17.0 Å². The van der Waals surface area contributed by atoms with E-state index in [4.69, 9.17) is 11.6 Å². The first-order valence-corrected chi connectivity index (χ1v) is 9.06. The summed E-state index contributed by atoms with van der Waals surface area (Å²) in [5.41, 5.74) is 1.24. The molecule has 2 aromatic rings. The maximum atomic E-state index is 12.3. The molecule has 5 heteroatoms. The molecule has 0 saturated heterocycles. The van der Waals surface area contributed by atoms with Crippen LogP contribution in [0.15, 0.2) is 41.3 Å². The molecule has 21 heavy (non-hydrogen) atoms. The van der Waals surface area contributed by atoms with Gasteiger partial charge < -0.3 is 0 Å². The molecule has 2 rings (SSSR count). The first-order valence-electron chi connectivity index (χ1n) is 6.55. The van der Waals surface area contributed by atoms with E-state index in [1.807, 2.05) is 24.3 Å². The van der Waals surface area contributed by atoms with Crippen molar-refractivity contribution in [2.75, 3.05) is 5.75 Å². The fraction of sp³-hybridized carbons (Fsp3) is 0.312. The van der Waals surface area contributed by atoms with Gasteiger partial charge in [0.15, 0.2) is 5.78 Å². The standard InChI is InChI=1S/C16H17ClO2S2/c1-16(2,3)11-4-6-12(7-5-11)21(19)10-13(18)14-8-9-15(17)20-14/h4-9H,10H2,1-3H3. The van der Waals surface area contributed by atoms with Crippen LogP contribution in [0.25, 0.3) is 0 Å². The number of benzene rings is 1. The van der Waals surface area contributed by atoms with Gasteiger partial charge in [-0.15, -0.1) is 11.3 Å². The van der Waals surface area contributed by atoms with Crippen molar-refractivity contribution in [2.45, 2.75) is 31.1 Å². The molecule has 1 unspecified atom stereocenters. The molecule has 0 spiro atoms. The van der Waals surface area contributed by atoms with Gasteiger partial charge in [-0.3, -0.25) is 9.00 Å². The molecule has 1 aromatic heterocycles. The van der Waals surface area contributed by atoms with E-state index in [9.17, 15) is 9.00 Å². The molecule has 0 aliphatic heterocycles. The smallest absolute Gasteiger partial charge is 0.185 e. The maximum absolute atomic E-state index is 12.3. The number of ketones is 1. The average molecular weight is 341 g/mol. The van der Waals surface area contributed by atoms with Crippen LogP contribution in [-0.2, 0) is 16.2 Å². The Morgan fingerprint density at radius 2 is 1.76 bits per heavy atom. The second kappa shape index (κ2) is 6.42. The van der Waals surface area contributed by atoms with Crippen LogP contribution in [0.1, 0.15) is 36.0 Å². The molecule has 0 amide bonds. The summed E-state index contributed by atoms with van der Waals surface area (Å²) < 4.78 is 12.8. The van der Waals surface area contributed by atoms with E-state index in [0.717, 1.165) is 0 Å². The van der Waals surface area contributed by atoms with Crippen molar-refractivity contribution >= 4 is 39.5 Å². The van der Waals surface area contributed by atoms with Crippen molar-refractivity contribution in [3.63, 3.8) is 0 Å². The topological polar surface area (TPSA) is 34.1 Å². The number of thiophene rings is 1. The highest BCUT2D eigenvalue weighted by Crippen LogP contribution is 2.24. The lowest BCUT2D eigenvalue weighted by molar-refractivity contribution is 0.102. The minimum atomic E-state index is -1.33. The number of rotatable bonds is 4. The lowest BCUT2D eigenvalue weighted by atomic mass is 9.87. The molecule has 0 radical (unpaired) electrons.